The summed E-state index contributed by atoms with van der Waals surface area (Å²) in [6.45, 7) is 2.48. The van der Waals surface area contributed by atoms with Gasteiger partial charge < -0.3 is 15.8 Å². The zero-order valence-corrected chi connectivity index (χ0v) is 13.3. The summed E-state index contributed by atoms with van der Waals surface area (Å²) < 4.78 is 4.66. The number of nitrogens with two attached hydrogens (primary N) is 1. The molecule has 0 unspecified atom stereocenters. The number of unbranched alkanes of at least 4 members (excludes halogenated alkanes) is 1. The molecule has 7 nitrogen and oxygen atoms in total. The second-order valence-electron chi connectivity index (χ2n) is 5.08. The number of aryl methyl sites for hydroxylation is 1. The van der Waals surface area contributed by atoms with Crippen LogP contribution in [0.2, 0.25) is 0 Å². The highest BCUT2D eigenvalue weighted by Crippen LogP contribution is 2.11. The van der Waals surface area contributed by atoms with E-state index in [1.165, 1.54) is 5.56 Å². The average Bonchev–Trinajstić information content (AvgIpc) is 2.48. The first-order chi connectivity index (χ1) is 11.0. The fraction of sp³-hybridized carbons (Fsp3) is 0.438. The Morgan fingerprint density at radius 2 is 1.83 bits per heavy atom. The molecule has 0 radical (unpaired) electrons. The molecular formula is C16H23N3O4. The zero-order chi connectivity index (χ0) is 17.1. The molecular weight excluding hydrogens is 298 g/mol. The van der Waals surface area contributed by atoms with E-state index >= 15 is 0 Å². The minimum atomic E-state index is -0.798. The highest BCUT2D eigenvalue weighted by molar-refractivity contribution is 5.92. The van der Waals surface area contributed by atoms with Gasteiger partial charge in [-0.1, -0.05) is 25.5 Å². The third-order valence-corrected chi connectivity index (χ3v) is 3.05. The fourth-order valence-corrected chi connectivity index (χ4v) is 1.95. The number of hydrogen-bond donors (Lipinski definition) is 3. The van der Waals surface area contributed by atoms with Gasteiger partial charge in [-0.05, 0) is 37.0 Å². The SMILES string of the molecule is CCCc1ccc(NC(=O)OC(=O)CCCCNC(N)=O)cc1. The standard InChI is InChI=1S/C16H23N3O4/c1-2-5-12-7-9-13(10-8-12)19-16(22)23-14(20)6-3-4-11-18-15(17)21/h7-10H,2-6,11H2,1H3,(H,19,22)(H3,17,18,21). The normalized spacial score (nSPS) is 9.96. The number of benzene rings is 1. The Bertz CT molecular complexity index is 529. The minimum absolute atomic E-state index is 0.100. The van der Waals surface area contributed by atoms with Crippen LogP contribution in [0.4, 0.5) is 15.3 Å². The predicted octanol–water partition coefficient (Wildman–Crippen LogP) is 2.55. The van der Waals surface area contributed by atoms with Gasteiger partial charge in [-0.25, -0.2) is 9.59 Å². The number of hydrogen-bond acceptors (Lipinski definition) is 4. The lowest BCUT2D eigenvalue weighted by Gasteiger charge is -2.06. The van der Waals surface area contributed by atoms with Crippen molar-refractivity contribution >= 4 is 23.8 Å². The van der Waals surface area contributed by atoms with Crippen LogP contribution in [0, 0.1) is 0 Å². The molecule has 1 rings (SSSR count). The van der Waals surface area contributed by atoms with E-state index in [1.54, 1.807) is 12.1 Å². The molecule has 0 bridgehead atoms. The predicted molar refractivity (Wildman–Crippen MR) is 87.0 cm³/mol. The van der Waals surface area contributed by atoms with Crippen LogP contribution in [0.5, 0.6) is 0 Å². The lowest BCUT2D eigenvalue weighted by atomic mass is 10.1. The van der Waals surface area contributed by atoms with Crippen LogP contribution in [0.1, 0.15) is 38.2 Å². The summed E-state index contributed by atoms with van der Waals surface area (Å²) in [6.07, 6.45) is 2.42. The number of carbonyl (C=O) groups is 3. The zero-order valence-electron chi connectivity index (χ0n) is 13.3. The van der Waals surface area contributed by atoms with Gasteiger partial charge in [0.15, 0.2) is 0 Å². The molecule has 0 saturated heterocycles. The van der Waals surface area contributed by atoms with E-state index in [2.05, 4.69) is 22.3 Å². The van der Waals surface area contributed by atoms with Crippen molar-refractivity contribution in [3.05, 3.63) is 29.8 Å². The Kier molecular flexibility index (Phi) is 8.20. The molecule has 1 aromatic rings. The van der Waals surface area contributed by atoms with E-state index < -0.39 is 18.1 Å². The summed E-state index contributed by atoms with van der Waals surface area (Å²) in [5.41, 5.74) is 6.67. The second-order valence-corrected chi connectivity index (χ2v) is 5.08. The molecule has 0 aromatic heterocycles. The van der Waals surface area contributed by atoms with Crippen molar-refractivity contribution in [2.45, 2.75) is 39.0 Å². The van der Waals surface area contributed by atoms with Gasteiger partial charge in [-0.15, -0.1) is 0 Å². The molecule has 0 aliphatic carbocycles. The monoisotopic (exact) mass is 321 g/mol. The topological polar surface area (TPSA) is 111 Å². The summed E-state index contributed by atoms with van der Waals surface area (Å²) in [5, 5.41) is 4.92. The van der Waals surface area contributed by atoms with E-state index in [1.807, 2.05) is 12.1 Å². The Balaban J connectivity index is 2.24. The lowest BCUT2D eigenvalue weighted by Crippen LogP contribution is -2.30. The number of carbonyl (C=O) groups excluding carboxylic acids is 3. The van der Waals surface area contributed by atoms with E-state index in [4.69, 9.17) is 5.73 Å². The molecule has 126 valence electrons. The first kappa shape index (κ1) is 18.5. The Morgan fingerprint density at radius 1 is 1.13 bits per heavy atom. The lowest BCUT2D eigenvalue weighted by molar-refractivity contribution is -0.137. The third-order valence-electron chi connectivity index (χ3n) is 3.05. The number of rotatable bonds is 8. The van der Waals surface area contributed by atoms with Crippen molar-refractivity contribution in [3.8, 4) is 0 Å². The largest absolute Gasteiger partial charge is 0.419 e. The molecule has 0 aliphatic heterocycles. The van der Waals surface area contributed by atoms with Gasteiger partial charge >= 0.3 is 18.1 Å². The molecule has 0 heterocycles. The van der Waals surface area contributed by atoms with Crippen LogP contribution in [0.3, 0.4) is 0 Å². The summed E-state index contributed by atoms with van der Waals surface area (Å²) in [4.78, 5) is 33.5. The number of urea groups is 1. The van der Waals surface area contributed by atoms with Crippen molar-refractivity contribution in [1.82, 2.24) is 5.32 Å². The first-order valence-electron chi connectivity index (χ1n) is 7.65. The molecule has 0 aliphatic rings. The molecule has 0 fully saturated rings. The van der Waals surface area contributed by atoms with Gasteiger partial charge in [-0.3, -0.25) is 10.1 Å². The van der Waals surface area contributed by atoms with Crippen molar-refractivity contribution in [2.24, 2.45) is 5.73 Å². The van der Waals surface area contributed by atoms with E-state index in [0.717, 1.165) is 12.8 Å². The Hall–Kier alpha value is -2.57. The molecule has 0 atom stereocenters. The molecule has 3 amide bonds. The number of amides is 3. The third kappa shape index (κ3) is 8.45. The molecule has 1 aromatic carbocycles. The summed E-state index contributed by atoms with van der Waals surface area (Å²) in [7, 11) is 0. The van der Waals surface area contributed by atoms with Crippen molar-refractivity contribution < 1.29 is 19.1 Å². The highest BCUT2D eigenvalue weighted by Gasteiger charge is 2.10. The average molecular weight is 321 g/mol. The van der Waals surface area contributed by atoms with Crippen molar-refractivity contribution in [1.29, 1.82) is 0 Å². The van der Waals surface area contributed by atoms with Crippen LogP contribution in [-0.2, 0) is 16.0 Å². The van der Waals surface area contributed by atoms with Crippen LogP contribution in [-0.4, -0.2) is 24.6 Å². The number of nitrogens with one attached hydrogen (secondary N) is 2. The molecule has 4 N–H and O–H groups in total. The van der Waals surface area contributed by atoms with Gasteiger partial charge in [0.05, 0.1) is 0 Å². The molecule has 23 heavy (non-hydrogen) atoms. The quantitative estimate of drug-likeness (QED) is 0.388. The summed E-state index contributed by atoms with van der Waals surface area (Å²) in [6, 6.07) is 6.79. The maximum atomic E-state index is 11.6. The Morgan fingerprint density at radius 3 is 2.43 bits per heavy atom. The molecule has 0 saturated carbocycles. The van der Waals surface area contributed by atoms with E-state index in [0.29, 0.717) is 25.1 Å². The van der Waals surface area contributed by atoms with Gasteiger partial charge in [0, 0.05) is 18.7 Å². The number of esters is 1. The van der Waals surface area contributed by atoms with Crippen molar-refractivity contribution in [2.75, 3.05) is 11.9 Å². The maximum Gasteiger partial charge on any atom is 0.419 e. The number of ether oxygens (including phenoxy) is 1. The Labute approximate surface area is 135 Å². The number of anilines is 1. The molecule has 7 heteroatoms. The van der Waals surface area contributed by atoms with E-state index in [-0.39, 0.29) is 6.42 Å². The molecule has 0 spiro atoms. The minimum Gasteiger partial charge on any atom is -0.376 e. The van der Waals surface area contributed by atoms with Crippen LogP contribution < -0.4 is 16.4 Å². The van der Waals surface area contributed by atoms with Crippen LogP contribution >= 0.6 is 0 Å². The van der Waals surface area contributed by atoms with Gasteiger partial charge in [0.25, 0.3) is 0 Å². The summed E-state index contributed by atoms with van der Waals surface area (Å²) >= 11 is 0. The second kappa shape index (κ2) is 10.2. The fourth-order valence-electron chi connectivity index (χ4n) is 1.95. The van der Waals surface area contributed by atoms with Crippen molar-refractivity contribution in [3.63, 3.8) is 0 Å². The highest BCUT2D eigenvalue weighted by atomic mass is 16.6. The van der Waals surface area contributed by atoms with Gasteiger partial charge in [0.1, 0.15) is 0 Å². The number of primary amides is 1. The maximum absolute atomic E-state index is 11.6. The van der Waals surface area contributed by atoms with Gasteiger partial charge in [-0.2, -0.15) is 0 Å². The van der Waals surface area contributed by atoms with Crippen LogP contribution in [0.25, 0.3) is 0 Å². The smallest absolute Gasteiger partial charge is 0.376 e. The van der Waals surface area contributed by atoms with E-state index in [9.17, 15) is 14.4 Å². The van der Waals surface area contributed by atoms with Gasteiger partial charge in [0.2, 0.25) is 0 Å². The van der Waals surface area contributed by atoms with Crippen LogP contribution in [0.15, 0.2) is 24.3 Å². The first-order valence-corrected chi connectivity index (χ1v) is 7.65. The summed E-state index contributed by atoms with van der Waals surface area (Å²) in [5.74, 6) is -0.607.